The molecular formula is C80H80N6O4. The fourth-order valence-electron chi connectivity index (χ4n) is 11.9. The molecule has 0 aliphatic carbocycles. The highest BCUT2D eigenvalue weighted by Gasteiger charge is 2.50. The van der Waals surface area contributed by atoms with Crippen LogP contribution in [0.1, 0.15) is 87.5 Å². The van der Waals surface area contributed by atoms with Crippen LogP contribution in [0.5, 0.6) is 0 Å². The van der Waals surface area contributed by atoms with Crippen LogP contribution in [0.15, 0.2) is 231 Å². The molecule has 9 aromatic rings. The fraction of sp³-hybridized carbons (Fsp3) is 0.200. The molecule has 11 rings (SSSR count). The van der Waals surface area contributed by atoms with E-state index in [1.807, 2.05) is 96.7 Å². The lowest BCUT2D eigenvalue weighted by Gasteiger charge is -2.28. The Labute approximate surface area is 532 Å². The maximum absolute atomic E-state index is 15.8. The average molecular weight is 1190 g/mol. The van der Waals surface area contributed by atoms with Crippen molar-refractivity contribution in [2.45, 2.75) is 25.0 Å². The first kappa shape index (κ1) is 61.3. The minimum absolute atomic E-state index is 0.307. The number of hydrogen-bond acceptors (Lipinski definition) is 10. The summed E-state index contributed by atoms with van der Waals surface area (Å²) < 4.78 is 14.4. The second-order valence-corrected chi connectivity index (χ2v) is 24.9. The Morgan fingerprint density at radius 1 is 0.278 bits per heavy atom. The number of fused-ring (bicyclic) bond motifs is 2. The van der Waals surface area contributed by atoms with Crippen LogP contribution in [0.25, 0.3) is 22.3 Å². The summed E-state index contributed by atoms with van der Waals surface area (Å²) in [5.41, 5.74) is 17.4. The third kappa shape index (κ3) is 12.4. The van der Waals surface area contributed by atoms with Gasteiger partial charge >= 0.3 is 11.9 Å². The van der Waals surface area contributed by atoms with Crippen molar-refractivity contribution in [2.24, 2.45) is 0 Å². The lowest BCUT2D eigenvalue weighted by molar-refractivity contribution is 0.0295. The van der Waals surface area contributed by atoms with E-state index in [0.29, 0.717) is 22.3 Å². The maximum Gasteiger partial charge on any atom is 0.340 e. The number of esters is 2. The number of rotatable bonds is 18. The van der Waals surface area contributed by atoms with Crippen molar-refractivity contribution in [1.82, 2.24) is 0 Å². The van der Waals surface area contributed by atoms with Gasteiger partial charge in [0.05, 0.1) is 11.1 Å². The van der Waals surface area contributed by atoms with E-state index in [0.717, 1.165) is 112 Å². The lowest BCUT2D eigenvalue weighted by Crippen LogP contribution is -2.23. The van der Waals surface area contributed by atoms with Gasteiger partial charge in [-0.2, -0.15) is 0 Å². The summed E-state index contributed by atoms with van der Waals surface area (Å²) in [6, 6.07) is 71.2. The second-order valence-electron chi connectivity index (χ2n) is 24.9. The molecule has 90 heavy (non-hydrogen) atoms. The van der Waals surface area contributed by atoms with Crippen molar-refractivity contribution in [3.05, 3.63) is 308 Å². The van der Waals surface area contributed by atoms with Gasteiger partial charge in [-0.25, -0.2) is 9.59 Å². The van der Waals surface area contributed by atoms with Crippen LogP contribution in [0.2, 0.25) is 0 Å². The average Bonchev–Trinajstić information content (AvgIpc) is 1.54. The van der Waals surface area contributed by atoms with Gasteiger partial charge in [0.25, 0.3) is 0 Å². The van der Waals surface area contributed by atoms with E-state index in [2.05, 4.69) is 262 Å². The highest BCUT2D eigenvalue weighted by Crippen LogP contribution is 2.51. The summed E-state index contributed by atoms with van der Waals surface area (Å²) in [5.74, 6) is -1.09. The molecule has 2 atom stereocenters. The van der Waals surface area contributed by atoms with Crippen LogP contribution >= 0.6 is 0 Å². The van der Waals surface area contributed by atoms with Gasteiger partial charge in [-0.15, -0.1) is 0 Å². The molecule has 0 radical (unpaired) electrons. The van der Waals surface area contributed by atoms with Crippen LogP contribution in [0, 0.1) is 13.8 Å². The first-order valence-electron chi connectivity index (χ1n) is 30.5. The van der Waals surface area contributed by atoms with Crippen molar-refractivity contribution in [3.63, 3.8) is 0 Å². The summed E-state index contributed by atoms with van der Waals surface area (Å²) in [6.45, 7) is 4.15. The zero-order valence-electron chi connectivity index (χ0n) is 54.3. The summed E-state index contributed by atoms with van der Waals surface area (Å²) >= 11 is 0. The Kier molecular flexibility index (Phi) is 17.1. The number of nitrogens with zero attached hydrogens (tertiary/aromatic N) is 6. The molecule has 454 valence electrons. The normalized spacial score (nSPS) is 15.9. The van der Waals surface area contributed by atoms with E-state index in [9.17, 15) is 0 Å². The Morgan fingerprint density at radius 3 is 0.611 bits per heavy atom. The highest BCUT2D eigenvalue weighted by atomic mass is 16.6. The molecular weight excluding hydrogens is 1110 g/mol. The summed E-state index contributed by atoms with van der Waals surface area (Å²) in [6.07, 6.45) is 8.31. The van der Waals surface area contributed by atoms with Crippen molar-refractivity contribution in [2.75, 3.05) is 114 Å². The van der Waals surface area contributed by atoms with Crippen molar-refractivity contribution < 1.29 is 19.1 Å². The van der Waals surface area contributed by atoms with E-state index in [-0.39, 0.29) is 0 Å². The standard InChI is InChI=1S/C80H80N6O4/c1-53-15-19-55(20-16-53)71(57-23-35-63(36-24-57)81(3)4)49-79(51-73(59-27-39-65(40-28-59)83(7)8)60-29-41-66(42-30-60)84(9)10)75-47-70-76(48-69(75)77(87)89-79)80(90-78(70)88,50-72(56-21-17-54(2)18-22-56)58-25-37-64(38-26-58)82(5)6)52-74(61-31-43-67(44-32-61)85(11)12)62-33-45-68(46-34-62)86(13)14/h15-52H,1-14H3/b71-49-,72-50+. The number of benzene rings is 9. The Balaban J connectivity index is 1.25. The molecule has 0 saturated heterocycles. The van der Waals surface area contributed by atoms with Crippen LogP contribution in [0.4, 0.5) is 34.1 Å². The monoisotopic (exact) mass is 1190 g/mol. The summed E-state index contributed by atoms with van der Waals surface area (Å²) in [7, 11) is 24.3. The third-order valence-electron chi connectivity index (χ3n) is 17.3. The molecule has 2 unspecified atom stereocenters. The number of ether oxygens (including phenoxy) is 2. The van der Waals surface area contributed by atoms with E-state index in [1.54, 1.807) is 0 Å². The minimum Gasteiger partial charge on any atom is -0.442 e. The second kappa shape index (κ2) is 25.0. The Morgan fingerprint density at radius 2 is 0.444 bits per heavy atom. The molecule has 0 aromatic heterocycles. The van der Waals surface area contributed by atoms with Crippen molar-refractivity contribution >= 4 is 68.4 Å². The van der Waals surface area contributed by atoms with Gasteiger partial charge < -0.3 is 38.9 Å². The Hall–Kier alpha value is -10.3. The third-order valence-corrected chi connectivity index (χ3v) is 17.3. The molecule has 10 heteroatoms. The van der Waals surface area contributed by atoms with Crippen LogP contribution in [0.3, 0.4) is 0 Å². The molecule has 0 N–H and O–H groups in total. The van der Waals surface area contributed by atoms with Crippen LogP contribution < -0.4 is 29.4 Å². The van der Waals surface area contributed by atoms with Gasteiger partial charge in [0.1, 0.15) is 0 Å². The first-order chi connectivity index (χ1) is 43.1. The zero-order valence-corrected chi connectivity index (χ0v) is 54.3. The lowest BCUT2D eigenvalue weighted by atomic mass is 9.79. The van der Waals surface area contributed by atoms with Gasteiger partial charge in [0.2, 0.25) is 0 Å². The topological polar surface area (TPSA) is 72.0 Å². The Bertz CT molecular complexity index is 3850. The molecule has 0 bridgehead atoms. The molecule has 2 aliphatic rings. The molecule has 0 spiro atoms. The van der Waals surface area contributed by atoms with E-state index in [1.165, 1.54) is 0 Å². The molecule has 9 aromatic carbocycles. The maximum atomic E-state index is 15.8. The molecule has 2 heterocycles. The predicted octanol–water partition coefficient (Wildman–Crippen LogP) is 16.0. The van der Waals surface area contributed by atoms with Crippen LogP contribution in [-0.4, -0.2) is 96.5 Å². The van der Waals surface area contributed by atoms with Crippen LogP contribution in [-0.2, 0) is 20.7 Å². The largest absolute Gasteiger partial charge is 0.442 e. The first-order valence-corrected chi connectivity index (χ1v) is 30.5. The fourth-order valence-corrected chi connectivity index (χ4v) is 11.9. The molecule has 10 nitrogen and oxygen atoms in total. The molecule has 0 amide bonds. The summed E-state index contributed by atoms with van der Waals surface area (Å²) in [5, 5.41) is 0. The van der Waals surface area contributed by atoms with Gasteiger partial charge in [-0.1, -0.05) is 132 Å². The summed E-state index contributed by atoms with van der Waals surface area (Å²) in [4.78, 5) is 44.1. The number of aryl methyl sites for hydroxylation is 2. The number of carbonyl (C=O) groups is 2. The van der Waals surface area contributed by atoms with Gasteiger partial charge in [-0.05, 0) is 190 Å². The molecule has 0 saturated carbocycles. The predicted molar refractivity (Wildman–Crippen MR) is 376 cm³/mol. The molecule has 0 fully saturated rings. The van der Waals surface area contributed by atoms with Gasteiger partial charge in [0.15, 0.2) is 11.2 Å². The van der Waals surface area contributed by atoms with E-state index in [4.69, 9.17) is 9.47 Å². The van der Waals surface area contributed by atoms with Crippen molar-refractivity contribution in [3.8, 4) is 0 Å². The van der Waals surface area contributed by atoms with Gasteiger partial charge in [-0.3, -0.25) is 0 Å². The SMILES string of the molecule is Cc1ccc(/C(=C/C2(C=C(c3ccc(N(C)C)cc3)c3ccc(N(C)C)cc3)OC(=O)c3cc4c(cc32)C(=O)OC4(C=C(c2ccc(N(C)C)cc2)c2ccc(N(C)C)cc2)/C=C(\c2ccc(C)cc2)c2ccc(N(C)C)cc2)c2ccc(N(C)C)cc2)cc1. The quantitative estimate of drug-likeness (QED) is 0.0776. The zero-order chi connectivity index (χ0) is 63.8. The van der Waals surface area contributed by atoms with Crippen molar-refractivity contribution in [1.29, 1.82) is 0 Å². The highest BCUT2D eigenvalue weighted by molar-refractivity contribution is 6.04. The molecule has 2 aliphatic heterocycles. The van der Waals surface area contributed by atoms with E-state index < -0.39 is 23.1 Å². The number of hydrogen-bond donors (Lipinski definition) is 0. The number of carbonyl (C=O) groups excluding carboxylic acids is 2. The number of cyclic esters (lactones) is 2. The number of anilines is 6. The van der Waals surface area contributed by atoms with E-state index >= 15 is 9.59 Å². The van der Waals surface area contributed by atoms with Gasteiger partial charge in [0, 0.05) is 130 Å². The minimum atomic E-state index is -1.62. The smallest absolute Gasteiger partial charge is 0.340 e.